The Labute approximate surface area is 126 Å². The van der Waals surface area contributed by atoms with E-state index in [2.05, 4.69) is 21.2 Å². The van der Waals surface area contributed by atoms with Gasteiger partial charge in [0.15, 0.2) is 4.67 Å². The van der Waals surface area contributed by atoms with Crippen LogP contribution in [0.15, 0.2) is 45.5 Å². The third-order valence-corrected chi connectivity index (χ3v) is 3.23. The van der Waals surface area contributed by atoms with Gasteiger partial charge < -0.3 is 14.5 Å². The number of anilines is 1. The van der Waals surface area contributed by atoms with Crippen molar-refractivity contribution in [3.63, 3.8) is 0 Å². The van der Waals surface area contributed by atoms with Crippen LogP contribution in [0, 0.1) is 0 Å². The lowest BCUT2D eigenvalue weighted by Gasteiger charge is -2.13. The van der Waals surface area contributed by atoms with Crippen molar-refractivity contribution in [3.05, 3.63) is 52.4 Å². The second kappa shape index (κ2) is 6.61. The van der Waals surface area contributed by atoms with E-state index in [4.69, 9.17) is 9.15 Å². The van der Waals surface area contributed by atoms with Gasteiger partial charge in [-0.15, -0.1) is 0 Å². The Morgan fingerprint density at radius 3 is 2.55 bits per heavy atom. The van der Waals surface area contributed by atoms with Crippen LogP contribution in [-0.4, -0.2) is 12.6 Å². The van der Waals surface area contributed by atoms with E-state index >= 15 is 0 Å². The number of hydrogen-bond acceptors (Lipinski definition) is 4. The third kappa shape index (κ3) is 3.63. The molecule has 0 aliphatic heterocycles. The molecule has 4 nitrogen and oxygen atoms in total. The SMILES string of the molecule is CCOC(=O)c1ccc(NC(C)c2ccc(Br)o2)cc1. The van der Waals surface area contributed by atoms with Gasteiger partial charge in [0.2, 0.25) is 0 Å². The Morgan fingerprint density at radius 1 is 1.30 bits per heavy atom. The van der Waals surface area contributed by atoms with E-state index in [1.807, 2.05) is 31.2 Å². The zero-order valence-electron chi connectivity index (χ0n) is 11.4. The van der Waals surface area contributed by atoms with Gasteiger partial charge in [-0.2, -0.15) is 0 Å². The van der Waals surface area contributed by atoms with Crippen LogP contribution < -0.4 is 5.32 Å². The molecule has 0 aliphatic carbocycles. The van der Waals surface area contributed by atoms with Crippen molar-refractivity contribution in [3.8, 4) is 0 Å². The van der Waals surface area contributed by atoms with Gasteiger partial charge in [-0.25, -0.2) is 4.79 Å². The largest absolute Gasteiger partial charge is 0.462 e. The number of hydrogen-bond donors (Lipinski definition) is 1. The predicted molar refractivity (Wildman–Crippen MR) is 80.8 cm³/mol. The first-order valence-electron chi connectivity index (χ1n) is 6.39. The molecule has 0 aliphatic rings. The quantitative estimate of drug-likeness (QED) is 0.822. The number of furan rings is 1. The first kappa shape index (κ1) is 14.7. The lowest BCUT2D eigenvalue weighted by atomic mass is 10.2. The topological polar surface area (TPSA) is 51.5 Å². The number of rotatable bonds is 5. The van der Waals surface area contributed by atoms with Gasteiger partial charge in [-0.1, -0.05) is 0 Å². The van der Waals surface area contributed by atoms with Crippen LogP contribution >= 0.6 is 15.9 Å². The molecule has 1 aromatic carbocycles. The molecule has 1 unspecified atom stereocenters. The molecule has 0 radical (unpaired) electrons. The van der Waals surface area contributed by atoms with Gasteiger partial charge in [-0.3, -0.25) is 0 Å². The molecule has 0 fully saturated rings. The summed E-state index contributed by atoms with van der Waals surface area (Å²) in [6, 6.07) is 11.0. The Balaban J connectivity index is 2.01. The van der Waals surface area contributed by atoms with E-state index in [1.54, 1.807) is 19.1 Å². The van der Waals surface area contributed by atoms with Crippen molar-refractivity contribution in [2.45, 2.75) is 19.9 Å². The van der Waals surface area contributed by atoms with Crippen molar-refractivity contribution in [2.75, 3.05) is 11.9 Å². The number of benzene rings is 1. The summed E-state index contributed by atoms with van der Waals surface area (Å²) in [7, 11) is 0. The fraction of sp³-hybridized carbons (Fsp3) is 0.267. The highest BCUT2D eigenvalue weighted by Gasteiger charge is 2.10. The zero-order valence-corrected chi connectivity index (χ0v) is 12.9. The highest BCUT2D eigenvalue weighted by atomic mass is 79.9. The molecule has 106 valence electrons. The lowest BCUT2D eigenvalue weighted by molar-refractivity contribution is 0.0526. The molecule has 2 rings (SSSR count). The molecule has 20 heavy (non-hydrogen) atoms. The van der Waals surface area contributed by atoms with Crippen LogP contribution in [0.25, 0.3) is 0 Å². The maximum Gasteiger partial charge on any atom is 0.338 e. The van der Waals surface area contributed by atoms with Crippen LogP contribution in [0.3, 0.4) is 0 Å². The summed E-state index contributed by atoms with van der Waals surface area (Å²) >= 11 is 3.28. The second-order valence-corrected chi connectivity index (χ2v) is 5.09. The Hall–Kier alpha value is -1.75. The maximum absolute atomic E-state index is 11.5. The van der Waals surface area contributed by atoms with Crippen LogP contribution in [-0.2, 0) is 4.74 Å². The van der Waals surface area contributed by atoms with Crippen LogP contribution in [0.2, 0.25) is 0 Å². The molecule has 1 heterocycles. The van der Waals surface area contributed by atoms with Crippen molar-refractivity contribution < 1.29 is 13.9 Å². The Bertz CT molecular complexity index is 577. The first-order chi connectivity index (χ1) is 9.60. The Kier molecular flexibility index (Phi) is 4.84. The molecule has 1 N–H and O–H groups in total. The Morgan fingerprint density at radius 2 is 2.00 bits per heavy atom. The first-order valence-corrected chi connectivity index (χ1v) is 7.18. The molecule has 1 atom stereocenters. The minimum Gasteiger partial charge on any atom is -0.462 e. The number of halogens is 1. The monoisotopic (exact) mass is 337 g/mol. The summed E-state index contributed by atoms with van der Waals surface area (Å²) in [5.41, 5.74) is 1.46. The number of esters is 1. The van der Waals surface area contributed by atoms with Gasteiger partial charge in [-0.05, 0) is 66.2 Å². The smallest absolute Gasteiger partial charge is 0.338 e. The normalized spacial score (nSPS) is 11.9. The lowest BCUT2D eigenvalue weighted by Crippen LogP contribution is -2.07. The number of nitrogens with one attached hydrogen (secondary N) is 1. The van der Waals surface area contributed by atoms with Crippen LogP contribution in [0.1, 0.15) is 36.0 Å². The van der Waals surface area contributed by atoms with Crippen molar-refractivity contribution in [2.24, 2.45) is 0 Å². The fourth-order valence-corrected chi connectivity index (χ4v) is 2.12. The average molecular weight is 338 g/mol. The second-order valence-electron chi connectivity index (χ2n) is 4.31. The summed E-state index contributed by atoms with van der Waals surface area (Å²) < 4.78 is 11.1. The fourth-order valence-electron chi connectivity index (χ4n) is 1.80. The zero-order chi connectivity index (χ0) is 14.5. The molecular weight excluding hydrogens is 322 g/mol. The summed E-state index contributed by atoms with van der Waals surface area (Å²) in [5, 5.41) is 3.30. The summed E-state index contributed by atoms with van der Waals surface area (Å²) in [6.45, 7) is 4.17. The summed E-state index contributed by atoms with van der Waals surface area (Å²) in [5.74, 6) is 0.536. The van der Waals surface area contributed by atoms with E-state index in [1.165, 1.54) is 0 Å². The molecule has 0 bridgehead atoms. The molecule has 0 saturated heterocycles. The highest BCUT2D eigenvalue weighted by molar-refractivity contribution is 9.10. The summed E-state index contributed by atoms with van der Waals surface area (Å²) in [4.78, 5) is 11.5. The number of carbonyl (C=O) groups excluding carboxylic acids is 1. The minimum atomic E-state index is -0.304. The van der Waals surface area contributed by atoms with E-state index < -0.39 is 0 Å². The van der Waals surface area contributed by atoms with Crippen molar-refractivity contribution >= 4 is 27.6 Å². The molecule has 5 heteroatoms. The summed E-state index contributed by atoms with van der Waals surface area (Å²) in [6.07, 6.45) is 0. The molecule has 0 amide bonds. The molecule has 0 spiro atoms. The van der Waals surface area contributed by atoms with E-state index in [0.717, 1.165) is 11.4 Å². The van der Waals surface area contributed by atoms with Gasteiger partial charge in [0.25, 0.3) is 0 Å². The van der Waals surface area contributed by atoms with Gasteiger partial charge >= 0.3 is 5.97 Å². The van der Waals surface area contributed by atoms with Crippen molar-refractivity contribution in [1.29, 1.82) is 0 Å². The molecular formula is C15H16BrNO3. The molecule has 1 aromatic heterocycles. The third-order valence-electron chi connectivity index (χ3n) is 2.80. The molecule has 2 aromatic rings. The molecule has 0 saturated carbocycles. The maximum atomic E-state index is 11.5. The van der Waals surface area contributed by atoms with Gasteiger partial charge in [0, 0.05) is 5.69 Å². The predicted octanol–water partition coefficient (Wildman–Crippen LogP) is 4.39. The van der Waals surface area contributed by atoms with E-state index in [0.29, 0.717) is 16.8 Å². The average Bonchev–Trinajstić information content (AvgIpc) is 2.86. The number of carbonyl (C=O) groups is 1. The van der Waals surface area contributed by atoms with Gasteiger partial charge in [0.1, 0.15) is 5.76 Å². The van der Waals surface area contributed by atoms with E-state index in [-0.39, 0.29) is 12.0 Å². The van der Waals surface area contributed by atoms with Crippen LogP contribution in [0.5, 0.6) is 0 Å². The van der Waals surface area contributed by atoms with Crippen molar-refractivity contribution in [1.82, 2.24) is 0 Å². The standard InChI is InChI=1S/C15H16BrNO3/c1-3-19-15(18)11-4-6-12(7-5-11)17-10(2)13-8-9-14(16)20-13/h4-10,17H,3H2,1-2H3. The van der Waals surface area contributed by atoms with E-state index in [9.17, 15) is 4.79 Å². The highest BCUT2D eigenvalue weighted by Crippen LogP contribution is 2.23. The van der Waals surface area contributed by atoms with Crippen LogP contribution in [0.4, 0.5) is 5.69 Å². The number of ether oxygens (including phenoxy) is 1. The van der Waals surface area contributed by atoms with Gasteiger partial charge in [0.05, 0.1) is 18.2 Å². The minimum absolute atomic E-state index is 0.0368.